The first-order valence-electron chi connectivity index (χ1n) is 5.51. The molecule has 5 heteroatoms. The summed E-state index contributed by atoms with van der Waals surface area (Å²) in [5.74, 6) is 1.24. The quantitative estimate of drug-likeness (QED) is 0.674. The molecule has 0 aromatic carbocycles. The number of nitrogens with two attached hydrogens (primary N) is 1. The van der Waals surface area contributed by atoms with E-state index in [-0.39, 0.29) is 5.78 Å². The molecule has 0 bridgehead atoms. The van der Waals surface area contributed by atoms with Crippen LogP contribution in [0.2, 0.25) is 0 Å². The van der Waals surface area contributed by atoms with E-state index in [1.165, 1.54) is 0 Å². The summed E-state index contributed by atoms with van der Waals surface area (Å²) in [5.41, 5.74) is 5.24. The van der Waals surface area contributed by atoms with Gasteiger partial charge in [0.15, 0.2) is 0 Å². The number of ketones is 1. The van der Waals surface area contributed by atoms with E-state index in [1.54, 1.807) is 18.7 Å². The number of hydrogen-bond acceptors (Lipinski definition) is 4. The van der Waals surface area contributed by atoms with Crippen molar-refractivity contribution in [3.8, 4) is 0 Å². The molecule has 0 heterocycles. The van der Waals surface area contributed by atoms with Crippen LogP contribution in [0, 0.1) is 0 Å². The molecule has 0 saturated heterocycles. The summed E-state index contributed by atoms with van der Waals surface area (Å²) in [6.45, 7) is 5.65. The molecule has 0 rings (SSSR count). The molecule has 0 unspecified atom stereocenters. The van der Waals surface area contributed by atoms with E-state index >= 15 is 0 Å². The van der Waals surface area contributed by atoms with Gasteiger partial charge in [0.25, 0.3) is 0 Å². The monoisotopic (exact) mass is 249 g/mol. The summed E-state index contributed by atoms with van der Waals surface area (Å²) in [6.07, 6.45) is 2.28. The van der Waals surface area contributed by atoms with Gasteiger partial charge in [-0.15, -0.1) is 0 Å². The third kappa shape index (κ3) is 15.9. The maximum atomic E-state index is 10.2. The molecule has 0 aromatic rings. The number of aliphatic carboxylic acids is 1. The Morgan fingerprint density at radius 3 is 2.19 bits per heavy atom. The smallest absolute Gasteiger partial charge is 0.320 e. The normalized spacial score (nSPS) is 11.2. The van der Waals surface area contributed by atoms with Gasteiger partial charge in [0.05, 0.1) is 0 Å². The van der Waals surface area contributed by atoms with Gasteiger partial charge in [-0.1, -0.05) is 13.8 Å². The molecule has 0 fully saturated rings. The number of rotatable bonds is 7. The lowest BCUT2D eigenvalue weighted by Crippen LogP contribution is -2.30. The Hall–Kier alpha value is -0.550. The zero-order valence-corrected chi connectivity index (χ0v) is 11.2. The Kier molecular flexibility index (Phi) is 14.0. The van der Waals surface area contributed by atoms with E-state index in [4.69, 9.17) is 10.8 Å². The Balaban J connectivity index is 0. The average Bonchev–Trinajstić information content (AvgIpc) is 2.18. The Bertz CT molecular complexity index is 198. The van der Waals surface area contributed by atoms with Gasteiger partial charge in [-0.25, -0.2) is 0 Å². The molecule has 0 saturated carbocycles. The number of carboxylic acid groups (broad SMARTS) is 1. The Morgan fingerprint density at radius 2 is 1.94 bits per heavy atom. The van der Waals surface area contributed by atoms with E-state index in [2.05, 4.69) is 0 Å². The standard InChI is InChI=1S/C6H13NO2S.C5H10O/c1-2-10-4-3-5(7)6(8)9;1-3-4-5(2)6/h5H,2-4,7H2,1H3,(H,8,9);3-4H2,1-2H3/t5-;/m0./s1. The van der Waals surface area contributed by atoms with Gasteiger partial charge in [-0.3, -0.25) is 4.79 Å². The summed E-state index contributed by atoms with van der Waals surface area (Å²) < 4.78 is 0. The van der Waals surface area contributed by atoms with Gasteiger partial charge < -0.3 is 15.6 Å². The highest BCUT2D eigenvalue weighted by Crippen LogP contribution is 2.02. The molecular formula is C11H23NO3S. The number of carboxylic acids is 1. The van der Waals surface area contributed by atoms with E-state index in [1.807, 2.05) is 13.8 Å². The summed E-state index contributed by atoms with van der Waals surface area (Å²) in [4.78, 5) is 20.2. The molecule has 4 nitrogen and oxygen atoms in total. The number of thioether (sulfide) groups is 1. The fourth-order valence-electron chi connectivity index (χ4n) is 0.830. The van der Waals surface area contributed by atoms with Crippen molar-refractivity contribution in [1.29, 1.82) is 0 Å². The predicted octanol–water partition coefficient (Wildman–Crippen LogP) is 1.92. The second-order valence-electron chi connectivity index (χ2n) is 3.38. The van der Waals surface area contributed by atoms with Crippen molar-refractivity contribution in [3.63, 3.8) is 0 Å². The molecule has 0 radical (unpaired) electrons. The van der Waals surface area contributed by atoms with Gasteiger partial charge in [-0.05, 0) is 31.3 Å². The van der Waals surface area contributed by atoms with Crippen molar-refractivity contribution in [2.24, 2.45) is 5.73 Å². The second-order valence-corrected chi connectivity index (χ2v) is 4.78. The first-order valence-corrected chi connectivity index (χ1v) is 6.66. The molecule has 0 aromatic heterocycles. The van der Waals surface area contributed by atoms with Crippen molar-refractivity contribution < 1.29 is 14.7 Å². The molecule has 96 valence electrons. The minimum atomic E-state index is -0.906. The highest BCUT2D eigenvalue weighted by molar-refractivity contribution is 7.99. The molecule has 16 heavy (non-hydrogen) atoms. The maximum absolute atomic E-state index is 10.2. The van der Waals surface area contributed by atoms with Crippen molar-refractivity contribution in [2.75, 3.05) is 11.5 Å². The minimum Gasteiger partial charge on any atom is -0.480 e. The Labute approximate surface area is 102 Å². The minimum absolute atomic E-state index is 0.289. The molecule has 0 amide bonds. The molecule has 0 aliphatic heterocycles. The van der Waals surface area contributed by atoms with Crippen LogP contribution in [0.5, 0.6) is 0 Å². The van der Waals surface area contributed by atoms with Crippen molar-refractivity contribution >= 4 is 23.5 Å². The van der Waals surface area contributed by atoms with Gasteiger partial charge in [0.1, 0.15) is 11.8 Å². The number of Topliss-reactive ketones (excluding diaryl/α,β-unsaturated/α-hetero) is 1. The first-order chi connectivity index (χ1) is 7.45. The van der Waals surface area contributed by atoms with Crippen molar-refractivity contribution in [3.05, 3.63) is 0 Å². The van der Waals surface area contributed by atoms with Crippen LogP contribution in [0.3, 0.4) is 0 Å². The van der Waals surface area contributed by atoms with E-state index < -0.39 is 12.0 Å². The zero-order chi connectivity index (χ0) is 13.0. The average molecular weight is 249 g/mol. The van der Waals surface area contributed by atoms with Gasteiger partial charge in [0, 0.05) is 6.42 Å². The number of carbonyl (C=O) groups is 2. The lowest BCUT2D eigenvalue weighted by Gasteiger charge is -2.03. The number of hydrogen-bond donors (Lipinski definition) is 2. The highest BCUT2D eigenvalue weighted by Gasteiger charge is 2.09. The third-order valence-corrected chi connectivity index (χ3v) is 2.63. The van der Waals surface area contributed by atoms with Crippen LogP contribution in [0.1, 0.15) is 40.0 Å². The van der Waals surface area contributed by atoms with Gasteiger partial charge in [0.2, 0.25) is 0 Å². The molecule has 0 aliphatic carbocycles. The summed E-state index contributed by atoms with van der Waals surface area (Å²) in [7, 11) is 0. The lowest BCUT2D eigenvalue weighted by molar-refractivity contribution is -0.138. The van der Waals surface area contributed by atoms with E-state index in [0.29, 0.717) is 6.42 Å². The SMILES string of the molecule is CCCC(C)=O.CCSCC[C@H](N)C(=O)O. The van der Waals surface area contributed by atoms with Crippen LogP contribution in [0.25, 0.3) is 0 Å². The first kappa shape index (κ1) is 17.8. The Morgan fingerprint density at radius 1 is 1.38 bits per heavy atom. The van der Waals surface area contributed by atoms with Crippen molar-refractivity contribution in [1.82, 2.24) is 0 Å². The van der Waals surface area contributed by atoms with Crippen LogP contribution < -0.4 is 5.73 Å². The molecular weight excluding hydrogens is 226 g/mol. The largest absolute Gasteiger partial charge is 0.480 e. The highest BCUT2D eigenvalue weighted by atomic mass is 32.2. The lowest BCUT2D eigenvalue weighted by atomic mass is 10.2. The van der Waals surface area contributed by atoms with Crippen molar-refractivity contribution in [2.45, 2.75) is 46.1 Å². The summed E-state index contributed by atoms with van der Waals surface area (Å²) in [6, 6.07) is -0.681. The number of carbonyl (C=O) groups excluding carboxylic acids is 1. The fraction of sp³-hybridized carbons (Fsp3) is 0.818. The van der Waals surface area contributed by atoms with Gasteiger partial charge in [-0.2, -0.15) is 11.8 Å². The second kappa shape index (κ2) is 12.5. The van der Waals surface area contributed by atoms with Crippen LogP contribution in [0.4, 0.5) is 0 Å². The van der Waals surface area contributed by atoms with Crippen LogP contribution in [0.15, 0.2) is 0 Å². The topological polar surface area (TPSA) is 80.4 Å². The maximum Gasteiger partial charge on any atom is 0.320 e. The van der Waals surface area contributed by atoms with Crippen LogP contribution >= 0.6 is 11.8 Å². The van der Waals surface area contributed by atoms with Crippen LogP contribution in [-0.2, 0) is 9.59 Å². The molecule has 1 atom stereocenters. The van der Waals surface area contributed by atoms with E-state index in [9.17, 15) is 9.59 Å². The zero-order valence-electron chi connectivity index (χ0n) is 10.4. The molecule has 0 spiro atoms. The van der Waals surface area contributed by atoms with Crippen LogP contribution in [-0.4, -0.2) is 34.4 Å². The summed E-state index contributed by atoms with van der Waals surface area (Å²) >= 11 is 1.71. The molecule has 0 aliphatic rings. The van der Waals surface area contributed by atoms with Gasteiger partial charge >= 0.3 is 5.97 Å². The summed E-state index contributed by atoms with van der Waals surface area (Å²) in [5, 5.41) is 8.35. The van der Waals surface area contributed by atoms with E-state index in [0.717, 1.165) is 24.3 Å². The fourth-order valence-corrected chi connectivity index (χ4v) is 1.54. The molecule has 3 N–H and O–H groups in total. The predicted molar refractivity (Wildman–Crippen MR) is 68.8 cm³/mol. The third-order valence-electron chi connectivity index (χ3n) is 1.70.